The largest absolute Gasteiger partial charge is 0.481 e. The third kappa shape index (κ3) is 5.46. The molecule has 0 aromatic heterocycles. The lowest BCUT2D eigenvalue weighted by Gasteiger charge is -2.28. The number of ether oxygens (including phenoxy) is 1. The van der Waals surface area contributed by atoms with Crippen molar-refractivity contribution in [2.45, 2.75) is 51.2 Å². The summed E-state index contributed by atoms with van der Waals surface area (Å²) < 4.78 is 5.21. The first kappa shape index (κ1) is 15.8. The van der Waals surface area contributed by atoms with Crippen molar-refractivity contribution in [3.05, 3.63) is 0 Å². The van der Waals surface area contributed by atoms with Crippen LogP contribution in [0.1, 0.15) is 39.5 Å². The summed E-state index contributed by atoms with van der Waals surface area (Å²) >= 11 is 0. The summed E-state index contributed by atoms with van der Waals surface area (Å²) in [5.41, 5.74) is -0.409. The van der Waals surface area contributed by atoms with Crippen LogP contribution in [0.2, 0.25) is 0 Å². The number of nitrogens with one attached hydrogen (secondary N) is 2. The van der Waals surface area contributed by atoms with Crippen LogP contribution in [0.5, 0.6) is 0 Å². The van der Waals surface area contributed by atoms with Crippen molar-refractivity contribution in [3.8, 4) is 0 Å². The number of carbonyl (C=O) groups is 2. The molecule has 0 spiro atoms. The van der Waals surface area contributed by atoms with Gasteiger partial charge < -0.3 is 20.5 Å². The lowest BCUT2D eigenvalue weighted by molar-refractivity contribution is -0.143. The monoisotopic (exact) mass is 272 g/mol. The van der Waals surface area contributed by atoms with Gasteiger partial charge in [-0.3, -0.25) is 4.79 Å². The second kappa shape index (κ2) is 6.75. The van der Waals surface area contributed by atoms with Gasteiger partial charge in [-0.25, -0.2) is 4.79 Å². The maximum absolute atomic E-state index is 11.7. The lowest BCUT2D eigenvalue weighted by atomic mass is 9.86. The molecule has 0 aliphatic heterocycles. The number of rotatable bonds is 5. The molecule has 1 saturated carbocycles. The van der Waals surface area contributed by atoms with Gasteiger partial charge in [0.05, 0.1) is 11.5 Å². The van der Waals surface area contributed by atoms with Crippen LogP contribution in [0, 0.1) is 5.92 Å². The smallest absolute Gasteiger partial charge is 0.315 e. The second-order valence-corrected chi connectivity index (χ2v) is 5.69. The minimum Gasteiger partial charge on any atom is -0.481 e. The summed E-state index contributed by atoms with van der Waals surface area (Å²) in [6.45, 7) is 4.17. The Morgan fingerprint density at radius 3 is 2.63 bits per heavy atom. The summed E-state index contributed by atoms with van der Waals surface area (Å²) in [5, 5.41) is 14.6. The molecule has 2 unspecified atom stereocenters. The molecule has 110 valence electrons. The van der Waals surface area contributed by atoms with E-state index in [0.29, 0.717) is 19.4 Å². The number of aliphatic carboxylic acids is 1. The average Bonchev–Trinajstić information content (AvgIpc) is 2.37. The fourth-order valence-corrected chi connectivity index (χ4v) is 2.15. The van der Waals surface area contributed by atoms with Gasteiger partial charge in [0, 0.05) is 19.7 Å². The first-order valence-corrected chi connectivity index (χ1v) is 6.66. The van der Waals surface area contributed by atoms with E-state index in [1.54, 1.807) is 7.11 Å². The van der Waals surface area contributed by atoms with Crippen molar-refractivity contribution in [1.82, 2.24) is 10.6 Å². The van der Waals surface area contributed by atoms with Gasteiger partial charge in [-0.1, -0.05) is 6.42 Å². The first-order valence-electron chi connectivity index (χ1n) is 6.66. The van der Waals surface area contributed by atoms with Crippen LogP contribution >= 0.6 is 0 Å². The predicted molar refractivity (Wildman–Crippen MR) is 71.0 cm³/mol. The molecule has 6 nitrogen and oxygen atoms in total. The Morgan fingerprint density at radius 2 is 2.05 bits per heavy atom. The number of urea groups is 1. The van der Waals surface area contributed by atoms with E-state index in [1.807, 2.05) is 13.8 Å². The fraction of sp³-hybridized carbons (Fsp3) is 0.846. The van der Waals surface area contributed by atoms with Crippen molar-refractivity contribution in [2.24, 2.45) is 5.92 Å². The van der Waals surface area contributed by atoms with E-state index in [4.69, 9.17) is 9.84 Å². The first-order chi connectivity index (χ1) is 8.84. The highest BCUT2D eigenvalue weighted by atomic mass is 16.5. The van der Waals surface area contributed by atoms with E-state index >= 15 is 0 Å². The van der Waals surface area contributed by atoms with E-state index in [-0.39, 0.29) is 18.0 Å². The molecule has 19 heavy (non-hydrogen) atoms. The summed E-state index contributed by atoms with van der Waals surface area (Å²) in [4.78, 5) is 22.7. The fourth-order valence-electron chi connectivity index (χ4n) is 2.15. The van der Waals surface area contributed by atoms with Crippen LogP contribution in [0.15, 0.2) is 0 Å². The zero-order chi connectivity index (χ0) is 14.5. The van der Waals surface area contributed by atoms with Crippen molar-refractivity contribution in [2.75, 3.05) is 13.7 Å². The Balaban J connectivity index is 2.34. The van der Waals surface area contributed by atoms with E-state index in [1.165, 1.54) is 0 Å². The van der Waals surface area contributed by atoms with Crippen LogP contribution in [0.25, 0.3) is 0 Å². The number of hydrogen-bond acceptors (Lipinski definition) is 3. The molecular weight excluding hydrogens is 248 g/mol. The van der Waals surface area contributed by atoms with Crippen LogP contribution in [-0.4, -0.2) is 42.4 Å². The molecule has 0 aromatic rings. The lowest BCUT2D eigenvalue weighted by Crippen LogP contribution is -2.48. The number of methoxy groups -OCH3 is 1. The third-order valence-corrected chi connectivity index (χ3v) is 3.59. The van der Waals surface area contributed by atoms with E-state index < -0.39 is 11.6 Å². The van der Waals surface area contributed by atoms with Crippen LogP contribution in [0.3, 0.4) is 0 Å². The molecule has 0 radical (unpaired) electrons. The summed E-state index contributed by atoms with van der Waals surface area (Å²) in [6.07, 6.45) is 2.89. The molecule has 0 bridgehead atoms. The molecule has 6 heteroatoms. The van der Waals surface area contributed by atoms with Crippen LogP contribution in [0.4, 0.5) is 4.79 Å². The molecule has 3 N–H and O–H groups in total. The Kier molecular flexibility index (Phi) is 5.60. The van der Waals surface area contributed by atoms with Crippen LogP contribution in [-0.2, 0) is 9.53 Å². The highest BCUT2D eigenvalue weighted by Crippen LogP contribution is 2.24. The summed E-state index contributed by atoms with van der Waals surface area (Å²) in [7, 11) is 1.60. The maximum atomic E-state index is 11.7. The molecule has 2 amide bonds. The number of hydrogen-bond donors (Lipinski definition) is 3. The van der Waals surface area contributed by atoms with Gasteiger partial charge in [0.15, 0.2) is 0 Å². The highest BCUT2D eigenvalue weighted by Gasteiger charge is 2.28. The van der Waals surface area contributed by atoms with Gasteiger partial charge in [0.25, 0.3) is 0 Å². The van der Waals surface area contributed by atoms with Gasteiger partial charge in [-0.15, -0.1) is 0 Å². The number of carbonyl (C=O) groups excluding carboxylic acids is 1. The SMILES string of the molecule is COC(C)(C)CNC(=O)NC1CCCC(C(=O)O)C1. The van der Waals surface area contributed by atoms with E-state index in [2.05, 4.69) is 10.6 Å². The molecule has 0 aromatic carbocycles. The minimum atomic E-state index is -0.771. The van der Waals surface area contributed by atoms with Gasteiger partial charge >= 0.3 is 12.0 Å². The quantitative estimate of drug-likeness (QED) is 0.705. The summed E-state index contributed by atoms with van der Waals surface area (Å²) in [6, 6.07) is -0.318. The van der Waals surface area contributed by atoms with Crippen molar-refractivity contribution in [3.63, 3.8) is 0 Å². The van der Waals surface area contributed by atoms with Gasteiger partial charge in [-0.2, -0.15) is 0 Å². The van der Waals surface area contributed by atoms with Crippen molar-refractivity contribution in [1.29, 1.82) is 0 Å². The minimum absolute atomic E-state index is 0.0551. The topological polar surface area (TPSA) is 87.7 Å². The number of amides is 2. The normalized spacial score (nSPS) is 23.7. The zero-order valence-electron chi connectivity index (χ0n) is 11.9. The van der Waals surface area contributed by atoms with Gasteiger partial charge in [0.2, 0.25) is 0 Å². The average molecular weight is 272 g/mol. The maximum Gasteiger partial charge on any atom is 0.315 e. The van der Waals surface area contributed by atoms with E-state index in [9.17, 15) is 9.59 Å². The third-order valence-electron chi connectivity index (χ3n) is 3.59. The van der Waals surface area contributed by atoms with Crippen molar-refractivity contribution < 1.29 is 19.4 Å². The molecule has 1 rings (SSSR count). The molecule has 1 aliphatic carbocycles. The molecule has 1 fully saturated rings. The Morgan fingerprint density at radius 1 is 1.37 bits per heavy atom. The van der Waals surface area contributed by atoms with Crippen molar-refractivity contribution >= 4 is 12.0 Å². The second-order valence-electron chi connectivity index (χ2n) is 5.69. The molecule has 0 saturated heterocycles. The Bertz CT molecular complexity index is 331. The zero-order valence-corrected chi connectivity index (χ0v) is 11.9. The number of carboxylic acids is 1. The number of carboxylic acid groups (broad SMARTS) is 1. The van der Waals surface area contributed by atoms with Crippen LogP contribution < -0.4 is 10.6 Å². The van der Waals surface area contributed by atoms with Gasteiger partial charge in [0.1, 0.15) is 0 Å². The predicted octanol–water partition coefficient (Wildman–Crippen LogP) is 1.35. The van der Waals surface area contributed by atoms with Gasteiger partial charge in [-0.05, 0) is 33.1 Å². The Hall–Kier alpha value is -1.30. The molecular formula is C13H24N2O4. The summed E-state index contributed by atoms with van der Waals surface area (Å²) in [5.74, 6) is -1.11. The standard InChI is InChI=1S/C13H24N2O4/c1-13(2,19-3)8-14-12(18)15-10-6-4-5-9(7-10)11(16)17/h9-10H,4-8H2,1-3H3,(H,16,17)(H2,14,15,18). The highest BCUT2D eigenvalue weighted by molar-refractivity contribution is 5.74. The van der Waals surface area contributed by atoms with E-state index in [0.717, 1.165) is 12.8 Å². The molecule has 1 aliphatic rings. The molecule has 0 heterocycles. The Labute approximate surface area is 113 Å². The molecule has 2 atom stereocenters.